The van der Waals surface area contributed by atoms with Crippen LogP contribution in [-0.2, 0) is 23.2 Å². The van der Waals surface area contributed by atoms with Gasteiger partial charge in [-0.1, -0.05) is 6.42 Å². The van der Waals surface area contributed by atoms with Crippen molar-refractivity contribution in [3.8, 4) is 0 Å². The Labute approximate surface area is 168 Å². The van der Waals surface area contributed by atoms with E-state index in [9.17, 15) is 9.59 Å². The van der Waals surface area contributed by atoms with Gasteiger partial charge in [-0.3, -0.25) is 14.3 Å². The van der Waals surface area contributed by atoms with Gasteiger partial charge in [-0.15, -0.1) is 0 Å². The van der Waals surface area contributed by atoms with E-state index in [4.69, 9.17) is 0 Å². The normalized spacial score (nSPS) is 21.7. The third-order valence-corrected chi connectivity index (χ3v) is 6.53. The summed E-state index contributed by atoms with van der Waals surface area (Å²) in [5.41, 5.74) is 2.14. The van der Waals surface area contributed by atoms with E-state index < -0.39 is 0 Å². The summed E-state index contributed by atoms with van der Waals surface area (Å²) in [5, 5.41) is 4.69. The Balaban J connectivity index is 1.52. The van der Waals surface area contributed by atoms with Crippen molar-refractivity contribution in [1.29, 1.82) is 0 Å². The van der Waals surface area contributed by atoms with Crippen LogP contribution in [0.25, 0.3) is 0 Å². The number of aromatic nitrogens is 2. The van der Waals surface area contributed by atoms with Crippen molar-refractivity contribution in [3.05, 3.63) is 17.5 Å². The summed E-state index contributed by atoms with van der Waals surface area (Å²) in [7, 11) is 5.89. The average Bonchev–Trinajstić information content (AvgIpc) is 3.04. The molecule has 2 aliphatic heterocycles. The lowest BCUT2D eigenvalue weighted by Crippen LogP contribution is -2.43. The van der Waals surface area contributed by atoms with Gasteiger partial charge in [0.05, 0.1) is 17.9 Å². The maximum Gasteiger partial charge on any atom is 0.224 e. The third-order valence-electron chi connectivity index (χ3n) is 6.53. The molecule has 1 atom stereocenters. The Morgan fingerprint density at radius 1 is 1.14 bits per heavy atom. The van der Waals surface area contributed by atoms with E-state index in [1.54, 1.807) is 11.8 Å². The minimum Gasteiger partial charge on any atom is -0.343 e. The summed E-state index contributed by atoms with van der Waals surface area (Å²) in [4.78, 5) is 30.3. The summed E-state index contributed by atoms with van der Waals surface area (Å²) in [6, 6.07) is 2.54. The predicted octanol–water partition coefficient (Wildman–Crippen LogP) is 1.98. The molecule has 156 valence electrons. The minimum atomic E-state index is 0.0539. The maximum absolute atomic E-state index is 12.7. The first kappa shape index (κ1) is 20.8. The highest BCUT2D eigenvalue weighted by atomic mass is 16.2. The summed E-state index contributed by atoms with van der Waals surface area (Å²) in [6.07, 6.45) is 6.22. The fraction of sp³-hybridized carbons (Fsp3) is 0.762. The molecule has 0 aliphatic carbocycles. The number of carbonyl (C=O) groups is 2. The van der Waals surface area contributed by atoms with Crippen molar-refractivity contribution < 1.29 is 9.59 Å². The lowest BCUT2D eigenvalue weighted by molar-refractivity contribution is -0.133. The van der Waals surface area contributed by atoms with Crippen molar-refractivity contribution in [2.75, 3.05) is 33.7 Å². The van der Waals surface area contributed by atoms with Crippen molar-refractivity contribution in [1.82, 2.24) is 24.5 Å². The number of rotatable bonds is 5. The maximum atomic E-state index is 12.7. The van der Waals surface area contributed by atoms with Crippen LogP contribution in [0.2, 0.25) is 0 Å². The van der Waals surface area contributed by atoms with E-state index >= 15 is 0 Å². The standard InChI is InChI=1S/C21H35N5O2/c1-16(27)24(3)15-19-13-20(22-25(19)4)17-8-11-26(12-9-17)21(28)14-18-7-5-6-10-23(18)2/h13,17-18H,5-12,14-15H2,1-4H3/t18-/m1/s1. The van der Waals surface area contributed by atoms with Gasteiger partial charge in [0, 0.05) is 52.5 Å². The van der Waals surface area contributed by atoms with E-state index in [0.717, 1.165) is 50.3 Å². The summed E-state index contributed by atoms with van der Waals surface area (Å²) in [6.45, 7) is 4.90. The van der Waals surface area contributed by atoms with Gasteiger partial charge in [0.1, 0.15) is 0 Å². The van der Waals surface area contributed by atoms with Gasteiger partial charge in [0.15, 0.2) is 0 Å². The fourth-order valence-corrected chi connectivity index (χ4v) is 4.39. The number of amides is 2. The van der Waals surface area contributed by atoms with E-state index in [-0.39, 0.29) is 5.91 Å². The molecule has 28 heavy (non-hydrogen) atoms. The highest BCUT2D eigenvalue weighted by Gasteiger charge is 2.29. The molecule has 0 spiro atoms. The van der Waals surface area contributed by atoms with Gasteiger partial charge in [-0.05, 0) is 45.3 Å². The number of hydrogen-bond acceptors (Lipinski definition) is 4. The van der Waals surface area contributed by atoms with Gasteiger partial charge in [-0.25, -0.2) is 0 Å². The van der Waals surface area contributed by atoms with Crippen LogP contribution in [0, 0.1) is 0 Å². The lowest BCUT2D eigenvalue weighted by Gasteiger charge is -2.36. The number of hydrogen-bond donors (Lipinski definition) is 0. The molecule has 2 fully saturated rings. The van der Waals surface area contributed by atoms with E-state index in [0.29, 0.717) is 30.8 Å². The van der Waals surface area contributed by atoms with Gasteiger partial charge in [0.2, 0.25) is 11.8 Å². The topological polar surface area (TPSA) is 61.7 Å². The monoisotopic (exact) mass is 389 g/mol. The zero-order chi connectivity index (χ0) is 20.3. The second kappa shape index (κ2) is 9.07. The molecule has 0 saturated carbocycles. The van der Waals surface area contributed by atoms with Crippen molar-refractivity contribution >= 4 is 11.8 Å². The molecule has 0 radical (unpaired) electrons. The van der Waals surface area contributed by atoms with Crippen molar-refractivity contribution in [2.24, 2.45) is 7.05 Å². The van der Waals surface area contributed by atoms with Crippen LogP contribution in [0.5, 0.6) is 0 Å². The SMILES string of the molecule is CC(=O)N(C)Cc1cc(C2CCN(C(=O)C[C@H]3CCCCN3C)CC2)nn1C. The smallest absolute Gasteiger partial charge is 0.224 e. The lowest BCUT2D eigenvalue weighted by atomic mass is 9.92. The van der Waals surface area contributed by atoms with E-state index in [1.807, 2.05) is 23.7 Å². The van der Waals surface area contributed by atoms with Crippen LogP contribution in [0.1, 0.15) is 62.8 Å². The molecule has 1 aromatic rings. The molecule has 2 saturated heterocycles. The Morgan fingerprint density at radius 2 is 1.86 bits per heavy atom. The average molecular weight is 390 g/mol. The molecule has 2 aliphatic rings. The van der Waals surface area contributed by atoms with Crippen LogP contribution in [-0.4, -0.2) is 76.1 Å². The Morgan fingerprint density at radius 3 is 2.50 bits per heavy atom. The van der Waals surface area contributed by atoms with Gasteiger partial charge >= 0.3 is 0 Å². The molecule has 0 bridgehead atoms. The number of carbonyl (C=O) groups excluding carboxylic acids is 2. The van der Waals surface area contributed by atoms with E-state index in [1.165, 1.54) is 12.8 Å². The molecule has 7 heteroatoms. The van der Waals surface area contributed by atoms with Crippen LogP contribution >= 0.6 is 0 Å². The molecular weight excluding hydrogens is 354 g/mol. The highest BCUT2D eigenvalue weighted by Crippen LogP contribution is 2.29. The molecular formula is C21H35N5O2. The van der Waals surface area contributed by atoms with Crippen LogP contribution < -0.4 is 0 Å². The van der Waals surface area contributed by atoms with Gasteiger partial charge in [-0.2, -0.15) is 5.10 Å². The van der Waals surface area contributed by atoms with Crippen LogP contribution in [0.15, 0.2) is 6.07 Å². The zero-order valence-corrected chi connectivity index (χ0v) is 17.9. The quantitative estimate of drug-likeness (QED) is 0.773. The Kier molecular flexibility index (Phi) is 6.75. The van der Waals surface area contributed by atoms with Gasteiger partial charge in [0.25, 0.3) is 0 Å². The van der Waals surface area contributed by atoms with E-state index in [2.05, 4.69) is 23.1 Å². The third kappa shape index (κ3) is 4.93. The fourth-order valence-electron chi connectivity index (χ4n) is 4.39. The largest absolute Gasteiger partial charge is 0.343 e. The first-order valence-electron chi connectivity index (χ1n) is 10.6. The van der Waals surface area contributed by atoms with Crippen LogP contribution in [0.4, 0.5) is 0 Å². The molecule has 3 heterocycles. The molecule has 0 N–H and O–H groups in total. The Bertz CT molecular complexity index is 693. The second-order valence-corrected chi connectivity index (χ2v) is 8.55. The zero-order valence-electron chi connectivity index (χ0n) is 17.9. The highest BCUT2D eigenvalue weighted by molar-refractivity contribution is 5.77. The number of piperidine rings is 2. The number of aryl methyl sites for hydroxylation is 1. The molecule has 2 amide bonds. The minimum absolute atomic E-state index is 0.0539. The Hall–Kier alpha value is -1.89. The summed E-state index contributed by atoms with van der Waals surface area (Å²) in [5.74, 6) is 0.754. The molecule has 1 aromatic heterocycles. The molecule has 0 unspecified atom stereocenters. The molecule has 3 rings (SSSR count). The first-order valence-corrected chi connectivity index (χ1v) is 10.6. The van der Waals surface area contributed by atoms with Crippen molar-refractivity contribution in [2.45, 2.75) is 64.0 Å². The molecule has 7 nitrogen and oxygen atoms in total. The second-order valence-electron chi connectivity index (χ2n) is 8.55. The first-order chi connectivity index (χ1) is 13.3. The predicted molar refractivity (Wildman–Crippen MR) is 109 cm³/mol. The summed E-state index contributed by atoms with van der Waals surface area (Å²) < 4.78 is 1.88. The van der Waals surface area contributed by atoms with Gasteiger partial charge < -0.3 is 14.7 Å². The molecule has 0 aromatic carbocycles. The van der Waals surface area contributed by atoms with Crippen molar-refractivity contribution in [3.63, 3.8) is 0 Å². The number of likely N-dealkylation sites (tertiary alicyclic amines) is 2. The summed E-state index contributed by atoms with van der Waals surface area (Å²) >= 11 is 0. The van der Waals surface area contributed by atoms with Crippen LogP contribution in [0.3, 0.4) is 0 Å². The number of nitrogens with zero attached hydrogens (tertiary/aromatic N) is 5.